The highest BCUT2D eigenvalue weighted by molar-refractivity contribution is 5.84. The fraction of sp³-hybridized carbons (Fsp3) is 0.462. The molecule has 0 spiro atoms. The highest BCUT2D eigenvalue weighted by atomic mass is 16.2. The van der Waals surface area contributed by atoms with Gasteiger partial charge < -0.3 is 5.32 Å². The molecule has 1 atom stereocenters. The van der Waals surface area contributed by atoms with E-state index >= 15 is 0 Å². The fourth-order valence-electron chi connectivity index (χ4n) is 2.15. The second-order valence-electron chi connectivity index (χ2n) is 4.62. The highest BCUT2D eigenvalue weighted by Gasteiger charge is 2.37. The maximum atomic E-state index is 10.8. The smallest absolute Gasteiger partial charge is 0.222 e. The van der Waals surface area contributed by atoms with Crippen molar-refractivity contribution in [2.45, 2.75) is 38.1 Å². The Labute approximate surface area is 90.7 Å². The number of carbonyl (C=O) groups excluding carboxylic acids is 1. The summed E-state index contributed by atoms with van der Waals surface area (Å²) in [6.45, 7) is 2.12. The zero-order chi connectivity index (χ0) is 10.7. The van der Waals surface area contributed by atoms with Gasteiger partial charge in [-0.05, 0) is 31.7 Å². The summed E-state index contributed by atoms with van der Waals surface area (Å²) in [5.41, 5.74) is 1.46. The Morgan fingerprint density at radius 2 is 2.00 bits per heavy atom. The Hall–Kier alpha value is -1.31. The lowest BCUT2D eigenvalue weighted by molar-refractivity contribution is -0.132. The molecule has 80 valence electrons. The average molecular weight is 203 g/mol. The van der Waals surface area contributed by atoms with E-state index in [1.807, 2.05) is 6.07 Å². The van der Waals surface area contributed by atoms with E-state index in [1.165, 1.54) is 5.56 Å². The van der Waals surface area contributed by atoms with Crippen molar-refractivity contribution in [2.75, 3.05) is 0 Å². The molecule has 1 aromatic carbocycles. The van der Waals surface area contributed by atoms with Crippen molar-refractivity contribution in [2.24, 2.45) is 0 Å². The van der Waals surface area contributed by atoms with Crippen molar-refractivity contribution in [3.8, 4) is 0 Å². The first-order valence-electron chi connectivity index (χ1n) is 5.53. The van der Waals surface area contributed by atoms with Crippen molar-refractivity contribution in [1.29, 1.82) is 0 Å². The molecule has 1 aliphatic rings. The molecule has 1 aliphatic heterocycles. The van der Waals surface area contributed by atoms with Gasteiger partial charge in [0.2, 0.25) is 5.91 Å². The van der Waals surface area contributed by atoms with Gasteiger partial charge in [0.15, 0.2) is 0 Å². The van der Waals surface area contributed by atoms with Gasteiger partial charge in [-0.25, -0.2) is 0 Å². The number of aryl methyl sites for hydroxylation is 1. The Balaban J connectivity index is 1.74. The minimum Gasteiger partial charge on any atom is -0.350 e. The van der Waals surface area contributed by atoms with Crippen molar-refractivity contribution >= 4 is 5.91 Å². The van der Waals surface area contributed by atoms with Gasteiger partial charge in [-0.3, -0.25) is 4.79 Å². The summed E-state index contributed by atoms with van der Waals surface area (Å²) in [5, 5.41) is 2.97. The normalized spacial score (nSPS) is 24.5. The van der Waals surface area contributed by atoms with E-state index in [4.69, 9.17) is 0 Å². The summed E-state index contributed by atoms with van der Waals surface area (Å²) in [6.07, 6.45) is 4.02. The molecule has 2 rings (SSSR count). The van der Waals surface area contributed by atoms with E-state index in [9.17, 15) is 4.79 Å². The second kappa shape index (κ2) is 4.05. The first-order valence-corrected chi connectivity index (χ1v) is 5.53. The molecule has 0 saturated carbocycles. The second-order valence-corrected chi connectivity index (χ2v) is 4.62. The molecule has 0 aliphatic carbocycles. The molecule has 1 amide bonds. The largest absolute Gasteiger partial charge is 0.350 e. The zero-order valence-corrected chi connectivity index (χ0v) is 9.12. The summed E-state index contributed by atoms with van der Waals surface area (Å²) in [7, 11) is 0. The van der Waals surface area contributed by atoms with Gasteiger partial charge >= 0.3 is 0 Å². The number of rotatable bonds is 4. The average Bonchev–Trinajstić information content (AvgIpc) is 2.17. The maximum absolute atomic E-state index is 10.8. The topological polar surface area (TPSA) is 29.1 Å². The molecule has 15 heavy (non-hydrogen) atoms. The van der Waals surface area contributed by atoms with Gasteiger partial charge in [-0.1, -0.05) is 30.3 Å². The van der Waals surface area contributed by atoms with Crippen LogP contribution in [0.2, 0.25) is 0 Å². The van der Waals surface area contributed by atoms with Crippen LogP contribution in [-0.4, -0.2) is 11.4 Å². The Bertz CT molecular complexity index is 337. The number of nitrogens with one attached hydrogen (secondary N) is 1. The van der Waals surface area contributed by atoms with Gasteiger partial charge in [0, 0.05) is 12.0 Å². The van der Waals surface area contributed by atoms with Crippen LogP contribution in [0.15, 0.2) is 30.3 Å². The standard InChI is InChI=1S/C13H17NO/c1-13(10-12(15)14-13)9-5-8-11-6-3-2-4-7-11/h2-4,6-7H,5,8-10H2,1H3,(H,14,15). The number of benzene rings is 1. The summed E-state index contributed by atoms with van der Waals surface area (Å²) in [5.74, 6) is 0.192. The van der Waals surface area contributed by atoms with E-state index in [-0.39, 0.29) is 11.4 Å². The molecule has 1 N–H and O–H groups in total. The highest BCUT2D eigenvalue weighted by Crippen LogP contribution is 2.25. The summed E-state index contributed by atoms with van der Waals surface area (Å²) in [4.78, 5) is 10.8. The number of carbonyl (C=O) groups is 1. The van der Waals surface area contributed by atoms with Gasteiger partial charge in [0.05, 0.1) is 0 Å². The SMILES string of the molecule is CC1(CCCc2ccccc2)CC(=O)N1. The van der Waals surface area contributed by atoms with Crippen LogP contribution in [0, 0.1) is 0 Å². The number of amides is 1. The molecule has 0 radical (unpaired) electrons. The number of hydrogen-bond acceptors (Lipinski definition) is 1. The third-order valence-electron chi connectivity index (χ3n) is 3.03. The Kier molecular flexibility index (Phi) is 2.76. The van der Waals surface area contributed by atoms with Crippen molar-refractivity contribution in [3.05, 3.63) is 35.9 Å². The molecule has 1 saturated heterocycles. The summed E-state index contributed by atoms with van der Waals surface area (Å²) >= 11 is 0. The molecule has 2 heteroatoms. The lowest BCUT2D eigenvalue weighted by Gasteiger charge is -2.39. The molecule has 1 unspecified atom stereocenters. The fourth-order valence-corrected chi connectivity index (χ4v) is 2.15. The quantitative estimate of drug-likeness (QED) is 0.747. The van der Waals surface area contributed by atoms with Gasteiger partial charge in [0.1, 0.15) is 0 Å². The molecule has 2 nitrogen and oxygen atoms in total. The van der Waals surface area contributed by atoms with E-state index < -0.39 is 0 Å². The van der Waals surface area contributed by atoms with E-state index in [0.29, 0.717) is 6.42 Å². The predicted octanol–water partition coefficient (Wildman–Crippen LogP) is 2.29. The molecule has 1 aromatic rings. The van der Waals surface area contributed by atoms with Crippen LogP contribution in [0.5, 0.6) is 0 Å². The molecular formula is C13H17NO. The monoisotopic (exact) mass is 203 g/mol. The number of β-lactam (4-membered cyclic amide) rings is 1. The summed E-state index contributed by atoms with van der Waals surface area (Å²) < 4.78 is 0. The predicted molar refractivity (Wildman–Crippen MR) is 60.5 cm³/mol. The van der Waals surface area contributed by atoms with Crippen molar-refractivity contribution in [3.63, 3.8) is 0 Å². The van der Waals surface area contributed by atoms with Crippen molar-refractivity contribution < 1.29 is 4.79 Å². The van der Waals surface area contributed by atoms with Crippen LogP contribution in [-0.2, 0) is 11.2 Å². The first kappa shape index (κ1) is 10.2. The van der Waals surface area contributed by atoms with E-state index in [1.54, 1.807) is 0 Å². The van der Waals surface area contributed by atoms with Gasteiger partial charge in [-0.15, -0.1) is 0 Å². The van der Waals surface area contributed by atoms with Crippen LogP contribution in [0.25, 0.3) is 0 Å². The van der Waals surface area contributed by atoms with Crippen LogP contribution in [0.1, 0.15) is 31.7 Å². The van der Waals surface area contributed by atoms with Crippen LogP contribution in [0.4, 0.5) is 0 Å². The summed E-state index contributed by atoms with van der Waals surface area (Å²) in [6, 6.07) is 10.5. The zero-order valence-electron chi connectivity index (χ0n) is 9.12. The van der Waals surface area contributed by atoms with Gasteiger partial charge in [0.25, 0.3) is 0 Å². The van der Waals surface area contributed by atoms with Crippen LogP contribution < -0.4 is 5.32 Å². The Morgan fingerprint density at radius 3 is 2.60 bits per heavy atom. The minimum atomic E-state index is 0.0753. The third-order valence-corrected chi connectivity index (χ3v) is 3.03. The van der Waals surface area contributed by atoms with E-state index in [0.717, 1.165) is 19.3 Å². The molecule has 0 bridgehead atoms. The third kappa shape index (κ3) is 2.58. The van der Waals surface area contributed by atoms with Crippen LogP contribution in [0.3, 0.4) is 0 Å². The van der Waals surface area contributed by atoms with Crippen LogP contribution >= 0.6 is 0 Å². The molecule has 1 heterocycles. The maximum Gasteiger partial charge on any atom is 0.222 e. The molecular weight excluding hydrogens is 186 g/mol. The van der Waals surface area contributed by atoms with E-state index in [2.05, 4.69) is 36.5 Å². The lowest BCUT2D eigenvalue weighted by atomic mass is 9.84. The van der Waals surface area contributed by atoms with Crippen molar-refractivity contribution in [1.82, 2.24) is 5.32 Å². The Morgan fingerprint density at radius 1 is 1.33 bits per heavy atom. The minimum absolute atomic E-state index is 0.0753. The molecule has 1 fully saturated rings. The molecule has 0 aromatic heterocycles. The number of hydrogen-bond donors (Lipinski definition) is 1. The first-order chi connectivity index (χ1) is 7.18. The lowest BCUT2D eigenvalue weighted by Crippen LogP contribution is -2.58. The van der Waals surface area contributed by atoms with Gasteiger partial charge in [-0.2, -0.15) is 0 Å².